The lowest BCUT2D eigenvalue weighted by atomic mass is 10.1. The summed E-state index contributed by atoms with van der Waals surface area (Å²) in [7, 11) is 9.35. The summed E-state index contributed by atoms with van der Waals surface area (Å²) in [6.45, 7) is 2.00. The molecule has 0 fully saturated rings. The molecule has 0 amide bonds. The Morgan fingerprint density at radius 2 is 1.82 bits per heavy atom. The summed E-state index contributed by atoms with van der Waals surface area (Å²) in [6, 6.07) is 4.01. The molecule has 0 saturated carbocycles. The number of hydrogen-bond donors (Lipinski definition) is 1. The van der Waals surface area contributed by atoms with Gasteiger partial charge in [-0.15, -0.1) is 0 Å². The highest BCUT2D eigenvalue weighted by molar-refractivity contribution is 5.50. The zero-order chi connectivity index (χ0) is 13.0. The SMILES string of the molecule is CNC(c1ccc(OC)c(C)c1OC)N(C)C. The number of benzene rings is 1. The number of nitrogens with one attached hydrogen (secondary N) is 1. The van der Waals surface area contributed by atoms with Crippen molar-refractivity contribution in [1.29, 1.82) is 0 Å². The third-order valence-corrected chi connectivity index (χ3v) is 2.90. The van der Waals surface area contributed by atoms with Gasteiger partial charge in [-0.3, -0.25) is 4.90 Å². The average molecular weight is 238 g/mol. The molecular formula is C13H22N2O2. The van der Waals surface area contributed by atoms with Crippen LogP contribution in [-0.2, 0) is 0 Å². The maximum absolute atomic E-state index is 5.50. The molecule has 0 aromatic heterocycles. The first-order chi connectivity index (χ1) is 8.06. The first-order valence-corrected chi connectivity index (χ1v) is 5.62. The van der Waals surface area contributed by atoms with Crippen LogP contribution in [-0.4, -0.2) is 40.3 Å². The summed E-state index contributed by atoms with van der Waals surface area (Å²) < 4.78 is 10.8. The smallest absolute Gasteiger partial charge is 0.131 e. The van der Waals surface area contributed by atoms with Gasteiger partial charge in [0.15, 0.2) is 0 Å². The second-order valence-electron chi connectivity index (χ2n) is 4.17. The lowest BCUT2D eigenvalue weighted by Crippen LogP contribution is -2.31. The third kappa shape index (κ3) is 2.70. The Labute approximate surface area is 104 Å². The largest absolute Gasteiger partial charge is 0.496 e. The summed E-state index contributed by atoms with van der Waals surface area (Å²) in [5.41, 5.74) is 2.13. The van der Waals surface area contributed by atoms with Crippen LogP contribution in [0, 0.1) is 6.92 Å². The van der Waals surface area contributed by atoms with Crippen molar-refractivity contribution in [1.82, 2.24) is 10.2 Å². The van der Waals surface area contributed by atoms with Gasteiger partial charge in [0.25, 0.3) is 0 Å². The predicted octanol–water partition coefficient (Wildman–Crippen LogP) is 1.79. The summed E-state index contributed by atoms with van der Waals surface area (Å²) in [4.78, 5) is 2.10. The van der Waals surface area contributed by atoms with Gasteiger partial charge in [-0.05, 0) is 40.2 Å². The molecule has 1 rings (SSSR count). The molecule has 1 atom stereocenters. The van der Waals surface area contributed by atoms with E-state index in [0.29, 0.717) is 0 Å². The van der Waals surface area contributed by atoms with Crippen LogP contribution >= 0.6 is 0 Å². The highest BCUT2D eigenvalue weighted by atomic mass is 16.5. The second-order valence-corrected chi connectivity index (χ2v) is 4.17. The van der Waals surface area contributed by atoms with Crippen molar-refractivity contribution in [2.24, 2.45) is 0 Å². The molecule has 0 radical (unpaired) electrons. The molecule has 1 aromatic rings. The molecule has 0 heterocycles. The van der Waals surface area contributed by atoms with Crippen molar-refractivity contribution >= 4 is 0 Å². The lowest BCUT2D eigenvalue weighted by molar-refractivity contribution is 0.255. The zero-order valence-corrected chi connectivity index (χ0v) is 11.5. The van der Waals surface area contributed by atoms with E-state index in [4.69, 9.17) is 9.47 Å². The molecule has 0 aliphatic rings. The van der Waals surface area contributed by atoms with Gasteiger partial charge in [0.05, 0.1) is 20.4 Å². The molecule has 0 bridgehead atoms. The molecule has 4 heteroatoms. The molecular weight excluding hydrogens is 216 g/mol. The van der Waals surface area contributed by atoms with Crippen molar-refractivity contribution in [2.45, 2.75) is 13.1 Å². The van der Waals surface area contributed by atoms with Gasteiger partial charge in [0.2, 0.25) is 0 Å². The summed E-state index contributed by atoms with van der Waals surface area (Å²) in [5, 5.41) is 3.26. The van der Waals surface area contributed by atoms with Gasteiger partial charge in [0, 0.05) is 11.1 Å². The second kappa shape index (κ2) is 5.89. The van der Waals surface area contributed by atoms with Crippen LogP contribution in [0.1, 0.15) is 17.3 Å². The van der Waals surface area contributed by atoms with E-state index in [-0.39, 0.29) is 6.17 Å². The fraction of sp³-hybridized carbons (Fsp3) is 0.538. The zero-order valence-electron chi connectivity index (χ0n) is 11.5. The van der Waals surface area contributed by atoms with Gasteiger partial charge in [-0.25, -0.2) is 0 Å². The van der Waals surface area contributed by atoms with Gasteiger partial charge in [-0.1, -0.05) is 0 Å². The van der Waals surface area contributed by atoms with Gasteiger partial charge in [0.1, 0.15) is 11.5 Å². The number of ether oxygens (including phenoxy) is 2. The van der Waals surface area contributed by atoms with E-state index < -0.39 is 0 Å². The number of rotatable bonds is 5. The molecule has 0 spiro atoms. The Morgan fingerprint density at radius 3 is 2.24 bits per heavy atom. The van der Waals surface area contributed by atoms with Crippen LogP contribution in [0.2, 0.25) is 0 Å². The molecule has 0 aliphatic carbocycles. The summed E-state index contributed by atoms with van der Waals surface area (Å²) >= 11 is 0. The number of hydrogen-bond acceptors (Lipinski definition) is 4. The minimum atomic E-state index is 0.120. The topological polar surface area (TPSA) is 33.7 Å². The van der Waals surface area contributed by atoms with Crippen LogP contribution in [0.25, 0.3) is 0 Å². The van der Waals surface area contributed by atoms with Gasteiger partial charge < -0.3 is 14.8 Å². The highest BCUT2D eigenvalue weighted by Crippen LogP contribution is 2.35. The number of methoxy groups -OCH3 is 2. The Balaban J connectivity index is 3.29. The van der Waals surface area contributed by atoms with Crippen molar-refractivity contribution in [2.75, 3.05) is 35.4 Å². The number of nitrogens with zero attached hydrogens (tertiary/aromatic N) is 1. The Morgan fingerprint density at radius 1 is 1.18 bits per heavy atom. The quantitative estimate of drug-likeness (QED) is 0.793. The minimum Gasteiger partial charge on any atom is -0.496 e. The fourth-order valence-corrected chi connectivity index (χ4v) is 2.09. The normalized spacial score (nSPS) is 12.6. The Kier molecular flexibility index (Phi) is 4.78. The maximum atomic E-state index is 5.50. The first kappa shape index (κ1) is 13.8. The highest BCUT2D eigenvalue weighted by Gasteiger charge is 2.19. The maximum Gasteiger partial charge on any atom is 0.131 e. The molecule has 1 N–H and O–H groups in total. The standard InChI is InChI=1S/C13H22N2O2/c1-9-11(16-5)8-7-10(12(9)17-6)13(14-2)15(3)4/h7-8,13-14H,1-6H3. The van der Waals surface area contributed by atoms with E-state index in [1.54, 1.807) is 14.2 Å². The van der Waals surface area contributed by atoms with E-state index in [2.05, 4.69) is 10.2 Å². The fourth-order valence-electron chi connectivity index (χ4n) is 2.09. The minimum absolute atomic E-state index is 0.120. The monoisotopic (exact) mass is 238 g/mol. The van der Waals surface area contributed by atoms with E-state index in [1.165, 1.54) is 0 Å². The van der Waals surface area contributed by atoms with Crippen LogP contribution in [0.3, 0.4) is 0 Å². The summed E-state index contributed by atoms with van der Waals surface area (Å²) in [5.74, 6) is 1.72. The van der Waals surface area contributed by atoms with E-state index in [9.17, 15) is 0 Å². The van der Waals surface area contributed by atoms with Crippen molar-refractivity contribution in [3.05, 3.63) is 23.3 Å². The third-order valence-electron chi connectivity index (χ3n) is 2.90. The van der Waals surface area contributed by atoms with Crippen molar-refractivity contribution in [3.63, 3.8) is 0 Å². The van der Waals surface area contributed by atoms with E-state index >= 15 is 0 Å². The first-order valence-electron chi connectivity index (χ1n) is 5.62. The lowest BCUT2D eigenvalue weighted by Gasteiger charge is -2.27. The van der Waals surface area contributed by atoms with Crippen LogP contribution < -0.4 is 14.8 Å². The van der Waals surface area contributed by atoms with E-state index in [0.717, 1.165) is 22.6 Å². The van der Waals surface area contributed by atoms with Crippen molar-refractivity contribution in [3.8, 4) is 11.5 Å². The van der Waals surface area contributed by atoms with Gasteiger partial charge >= 0.3 is 0 Å². The predicted molar refractivity (Wildman–Crippen MR) is 69.8 cm³/mol. The van der Waals surface area contributed by atoms with E-state index in [1.807, 2.05) is 40.2 Å². The molecule has 17 heavy (non-hydrogen) atoms. The van der Waals surface area contributed by atoms with Gasteiger partial charge in [-0.2, -0.15) is 0 Å². The Hall–Kier alpha value is -1.26. The van der Waals surface area contributed by atoms with Crippen LogP contribution in [0.5, 0.6) is 11.5 Å². The van der Waals surface area contributed by atoms with Crippen LogP contribution in [0.15, 0.2) is 12.1 Å². The average Bonchev–Trinajstić information content (AvgIpc) is 2.30. The molecule has 1 aromatic carbocycles. The van der Waals surface area contributed by atoms with Crippen molar-refractivity contribution < 1.29 is 9.47 Å². The van der Waals surface area contributed by atoms with Crippen LogP contribution in [0.4, 0.5) is 0 Å². The molecule has 96 valence electrons. The summed E-state index contributed by atoms with van der Waals surface area (Å²) in [6.07, 6.45) is 0.120. The molecule has 0 aliphatic heterocycles. The Bertz CT molecular complexity index is 378. The molecule has 1 unspecified atom stereocenters. The molecule has 4 nitrogen and oxygen atoms in total. The molecule has 0 saturated heterocycles.